The second-order valence-electron chi connectivity index (χ2n) is 4.32. The van der Waals surface area contributed by atoms with Crippen molar-refractivity contribution >= 4 is 23.9 Å². The first-order valence-corrected chi connectivity index (χ1v) is 6.37. The molecule has 0 aromatic carbocycles. The van der Waals surface area contributed by atoms with Crippen LogP contribution in [0.2, 0.25) is 0 Å². The van der Waals surface area contributed by atoms with Crippen LogP contribution in [-0.2, 0) is 28.7 Å². The van der Waals surface area contributed by atoms with E-state index in [1.807, 2.05) is 0 Å². The summed E-state index contributed by atoms with van der Waals surface area (Å²) in [5.74, 6) is -3.90. The molecule has 0 spiro atoms. The molecule has 0 amide bonds. The van der Waals surface area contributed by atoms with Crippen LogP contribution in [0.1, 0.15) is 25.7 Å². The Bertz CT molecular complexity index is 477. The molecule has 0 aromatic heterocycles. The Labute approximate surface area is 127 Å². The van der Waals surface area contributed by atoms with Crippen molar-refractivity contribution < 1.29 is 38.9 Å². The van der Waals surface area contributed by atoms with Gasteiger partial charge in [0.05, 0.1) is 26.1 Å². The van der Waals surface area contributed by atoms with E-state index < -0.39 is 30.3 Å². The van der Waals surface area contributed by atoms with Gasteiger partial charge in [-0.05, 0) is 12.8 Å². The largest absolute Gasteiger partial charge is 0.481 e. The Morgan fingerprint density at radius 1 is 0.818 bits per heavy atom. The Morgan fingerprint density at radius 2 is 1.36 bits per heavy atom. The second kappa shape index (κ2) is 10.1. The molecule has 0 radical (unpaired) electrons. The highest BCUT2D eigenvalue weighted by Gasteiger charge is 2.12. The number of esters is 2. The Morgan fingerprint density at radius 3 is 1.86 bits per heavy atom. The fourth-order valence-electron chi connectivity index (χ4n) is 1.21. The van der Waals surface area contributed by atoms with Crippen LogP contribution in [0, 0.1) is 0 Å². The maximum absolute atomic E-state index is 11.3. The monoisotopic (exact) mass is 314 g/mol. The van der Waals surface area contributed by atoms with Crippen LogP contribution in [0.3, 0.4) is 0 Å². The lowest BCUT2D eigenvalue weighted by Crippen LogP contribution is -2.13. The van der Waals surface area contributed by atoms with Crippen molar-refractivity contribution in [3.05, 3.63) is 24.3 Å². The van der Waals surface area contributed by atoms with Crippen molar-refractivity contribution in [3.8, 4) is 0 Å². The molecular formula is C14H18O8. The quantitative estimate of drug-likeness (QED) is 0.327. The van der Waals surface area contributed by atoms with Gasteiger partial charge in [0.25, 0.3) is 0 Å². The second-order valence-corrected chi connectivity index (χ2v) is 4.32. The Kier molecular flexibility index (Phi) is 8.92. The average molecular weight is 314 g/mol. The van der Waals surface area contributed by atoms with Gasteiger partial charge < -0.3 is 19.7 Å². The predicted molar refractivity (Wildman–Crippen MR) is 73.9 cm³/mol. The van der Waals surface area contributed by atoms with E-state index in [4.69, 9.17) is 19.7 Å². The molecule has 0 unspecified atom stereocenters. The van der Waals surface area contributed by atoms with Gasteiger partial charge in [-0.25, -0.2) is 9.59 Å². The van der Waals surface area contributed by atoms with Crippen LogP contribution in [0.4, 0.5) is 0 Å². The first-order valence-electron chi connectivity index (χ1n) is 6.37. The molecule has 122 valence electrons. The minimum Gasteiger partial charge on any atom is -0.481 e. The highest BCUT2D eigenvalue weighted by atomic mass is 16.5. The van der Waals surface area contributed by atoms with Crippen LogP contribution in [0.5, 0.6) is 0 Å². The van der Waals surface area contributed by atoms with Gasteiger partial charge in [-0.2, -0.15) is 0 Å². The number of carboxylic acids is 2. The van der Waals surface area contributed by atoms with Crippen LogP contribution in [0.25, 0.3) is 0 Å². The standard InChI is InChI=1S/C14H18O8/c1-9(13(18)19)8-12(17)21-5-3-4-6-22-14(20)10(2)7-11(15)16/h1-8H2,(H,15,16)(H,18,19). The molecule has 0 heterocycles. The van der Waals surface area contributed by atoms with Crippen LogP contribution in [-0.4, -0.2) is 47.3 Å². The molecule has 22 heavy (non-hydrogen) atoms. The number of ether oxygens (including phenoxy) is 2. The number of unbranched alkanes of at least 4 members (excludes halogenated alkanes) is 1. The zero-order chi connectivity index (χ0) is 17.1. The summed E-state index contributed by atoms with van der Waals surface area (Å²) in [6.45, 7) is 6.59. The molecule has 0 aliphatic heterocycles. The fourth-order valence-corrected chi connectivity index (χ4v) is 1.21. The first-order chi connectivity index (χ1) is 10.2. The Balaban J connectivity index is 3.70. The van der Waals surface area contributed by atoms with E-state index >= 15 is 0 Å². The number of hydrogen-bond acceptors (Lipinski definition) is 6. The van der Waals surface area contributed by atoms with Crippen molar-refractivity contribution in [2.75, 3.05) is 13.2 Å². The smallest absolute Gasteiger partial charge is 0.333 e. The summed E-state index contributed by atoms with van der Waals surface area (Å²) < 4.78 is 9.54. The van der Waals surface area contributed by atoms with Gasteiger partial charge in [0.2, 0.25) is 0 Å². The zero-order valence-corrected chi connectivity index (χ0v) is 12.0. The topological polar surface area (TPSA) is 127 Å². The summed E-state index contributed by atoms with van der Waals surface area (Å²) in [6.07, 6.45) is -0.0630. The van der Waals surface area contributed by atoms with E-state index in [-0.39, 0.29) is 30.8 Å². The van der Waals surface area contributed by atoms with Crippen LogP contribution in [0.15, 0.2) is 24.3 Å². The molecule has 0 bridgehead atoms. The van der Waals surface area contributed by atoms with Crippen molar-refractivity contribution in [1.82, 2.24) is 0 Å². The van der Waals surface area contributed by atoms with Gasteiger partial charge in [-0.15, -0.1) is 0 Å². The summed E-state index contributed by atoms with van der Waals surface area (Å²) in [5.41, 5.74) is -0.401. The normalized spacial score (nSPS) is 9.64. The van der Waals surface area contributed by atoms with Crippen LogP contribution < -0.4 is 0 Å². The molecular weight excluding hydrogens is 296 g/mol. The zero-order valence-electron chi connectivity index (χ0n) is 12.0. The minimum absolute atomic E-state index is 0.0385. The number of carboxylic acid groups (broad SMARTS) is 2. The summed E-state index contributed by atoms with van der Waals surface area (Å²) in [6, 6.07) is 0. The van der Waals surface area contributed by atoms with E-state index in [2.05, 4.69) is 13.2 Å². The summed E-state index contributed by atoms with van der Waals surface area (Å²) in [7, 11) is 0. The van der Waals surface area contributed by atoms with Gasteiger partial charge in [-0.1, -0.05) is 13.2 Å². The van der Waals surface area contributed by atoms with Crippen LogP contribution >= 0.6 is 0 Å². The lowest BCUT2D eigenvalue weighted by Gasteiger charge is -2.06. The van der Waals surface area contributed by atoms with Crippen molar-refractivity contribution in [3.63, 3.8) is 0 Å². The minimum atomic E-state index is -1.26. The lowest BCUT2D eigenvalue weighted by molar-refractivity contribution is -0.145. The number of aliphatic carboxylic acids is 2. The van der Waals surface area contributed by atoms with Gasteiger partial charge in [-0.3, -0.25) is 9.59 Å². The van der Waals surface area contributed by atoms with Crippen molar-refractivity contribution in [2.24, 2.45) is 0 Å². The number of carbonyl (C=O) groups excluding carboxylic acids is 2. The maximum Gasteiger partial charge on any atom is 0.333 e. The highest BCUT2D eigenvalue weighted by Crippen LogP contribution is 2.03. The Hall–Kier alpha value is -2.64. The SMILES string of the molecule is C=C(CC(=O)OCCCCOC(=O)C(=C)CC(=O)O)C(=O)O. The van der Waals surface area contributed by atoms with E-state index in [1.54, 1.807) is 0 Å². The summed E-state index contributed by atoms with van der Waals surface area (Å²) in [4.78, 5) is 43.2. The van der Waals surface area contributed by atoms with Crippen molar-refractivity contribution in [2.45, 2.75) is 25.7 Å². The van der Waals surface area contributed by atoms with E-state index in [9.17, 15) is 19.2 Å². The highest BCUT2D eigenvalue weighted by molar-refractivity contribution is 5.93. The average Bonchev–Trinajstić information content (AvgIpc) is 2.41. The van der Waals surface area contributed by atoms with E-state index in [0.29, 0.717) is 12.8 Å². The van der Waals surface area contributed by atoms with E-state index in [0.717, 1.165) is 0 Å². The van der Waals surface area contributed by atoms with Gasteiger partial charge in [0.1, 0.15) is 0 Å². The third-order valence-corrected chi connectivity index (χ3v) is 2.35. The molecule has 0 saturated heterocycles. The number of hydrogen-bond donors (Lipinski definition) is 2. The molecule has 0 aromatic rings. The summed E-state index contributed by atoms with van der Waals surface area (Å²) >= 11 is 0. The first kappa shape index (κ1) is 19.4. The molecule has 0 saturated carbocycles. The maximum atomic E-state index is 11.3. The van der Waals surface area contributed by atoms with Gasteiger partial charge >= 0.3 is 23.9 Å². The third-order valence-electron chi connectivity index (χ3n) is 2.35. The molecule has 2 N–H and O–H groups in total. The van der Waals surface area contributed by atoms with Gasteiger partial charge in [0, 0.05) is 11.1 Å². The molecule has 0 atom stereocenters. The summed E-state index contributed by atoms with van der Waals surface area (Å²) in [5, 5.41) is 17.0. The molecule has 8 heteroatoms. The number of rotatable bonds is 11. The molecule has 0 aliphatic rings. The van der Waals surface area contributed by atoms with E-state index in [1.165, 1.54) is 0 Å². The third kappa shape index (κ3) is 9.29. The van der Waals surface area contributed by atoms with Crippen molar-refractivity contribution in [1.29, 1.82) is 0 Å². The molecule has 0 rings (SSSR count). The fraction of sp³-hybridized carbons (Fsp3) is 0.429. The predicted octanol–water partition coefficient (Wildman–Crippen LogP) is 0.915. The molecule has 0 aliphatic carbocycles. The molecule has 0 fully saturated rings. The lowest BCUT2D eigenvalue weighted by atomic mass is 10.2. The van der Waals surface area contributed by atoms with Gasteiger partial charge in [0.15, 0.2) is 0 Å². The number of carbonyl (C=O) groups is 4. The molecule has 8 nitrogen and oxygen atoms in total.